The number of aromatic carboxylic acids is 1. The molecule has 0 aliphatic heterocycles. The maximum atomic E-state index is 15.0. The number of carboxylic acid groups (broad SMARTS) is 1. The van der Waals surface area contributed by atoms with Gasteiger partial charge in [-0.3, -0.25) is 0 Å². The fourth-order valence-electron chi connectivity index (χ4n) is 4.69. The van der Waals surface area contributed by atoms with Gasteiger partial charge in [-0.25, -0.2) is 24.1 Å². The number of benzene rings is 2. The molecule has 11 heteroatoms. The lowest BCUT2D eigenvalue weighted by Crippen LogP contribution is -2.31. The molecule has 5 rings (SSSR count). The van der Waals surface area contributed by atoms with E-state index >= 15 is 0 Å². The van der Waals surface area contributed by atoms with Crippen LogP contribution in [0.15, 0.2) is 42.5 Å². The summed E-state index contributed by atoms with van der Waals surface area (Å²) in [6.45, 7) is 3.70. The Kier molecular flexibility index (Phi) is 6.54. The molecule has 7 nitrogen and oxygen atoms in total. The van der Waals surface area contributed by atoms with Gasteiger partial charge in [-0.1, -0.05) is 36.2 Å². The van der Waals surface area contributed by atoms with Crippen molar-refractivity contribution in [3.63, 3.8) is 0 Å². The van der Waals surface area contributed by atoms with E-state index in [9.17, 15) is 27.5 Å². The van der Waals surface area contributed by atoms with Gasteiger partial charge >= 0.3 is 12.1 Å². The number of imidazole rings is 1. The zero-order valence-corrected chi connectivity index (χ0v) is 20.7. The number of fused-ring (bicyclic) bond motifs is 1. The normalized spacial score (nSPS) is 14.9. The number of rotatable bonds is 7. The van der Waals surface area contributed by atoms with E-state index in [1.54, 1.807) is 10.6 Å². The molecule has 0 saturated heterocycles. The van der Waals surface area contributed by atoms with Crippen molar-refractivity contribution in [1.29, 1.82) is 0 Å². The highest BCUT2D eigenvalue weighted by molar-refractivity contribution is 5.92. The molecular formula is C27H25F4N5O2. The van der Waals surface area contributed by atoms with Crippen molar-refractivity contribution in [2.24, 2.45) is 5.92 Å². The molecule has 0 radical (unpaired) electrons. The van der Waals surface area contributed by atoms with Crippen LogP contribution in [0.3, 0.4) is 0 Å². The predicted octanol–water partition coefficient (Wildman–Crippen LogP) is 6.31. The van der Waals surface area contributed by atoms with Crippen LogP contribution in [0.4, 0.5) is 23.4 Å². The van der Waals surface area contributed by atoms with Crippen molar-refractivity contribution in [3.8, 4) is 11.4 Å². The Hall–Kier alpha value is -4.02. The minimum Gasteiger partial charge on any atom is -0.475 e. The predicted molar refractivity (Wildman–Crippen MR) is 133 cm³/mol. The molecule has 2 aromatic carbocycles. The van der Waals surface area contributed by atoms with E-state index in [1.807, 2.05) is 32.0 Å². The van der Waals surface area contributed by atoms with Crippen LogP contribution >= 0.6 is 0 Å². The average molecular weight is 528 g/mol. The maximum Gasteiger partial charge on any atom is 0.416 e. The number of nitrogens with one attached hydrogen (secondary N) is 1. The first-order valence-corrected chi connectivity index (χ1v) is 12.2. The molecule has 2 heterocycles. The second-order valence-corrected chi connectivity index (χ2v) is 9.69. The van der Waals surface area contributed by atoms with Crippen molar-refractivity contribution in [3.05, 3.63) is 70.8 Å². The molecule has 0 amide bonds. The summed E-state index contributed by atoms with van der Waals surface area (Å²) >= 11 is 0. The van der Waals surface area contributed by atoms with Crippen molar-refractivity contribution in [2.75, 3.05) is 5.32 Å². The Morgan fingerprint density at radius 2 is 1.92 bits per heavy atom. The van der Waals surface area contributed by atoms with Gasteiger partial charge in [0.2, 0.25) is 5.82 Å². The Bertz CT molecular complexity index is 1530. The molecule has 0 spiro atoms. The third-order valence-electron chi connectivity index (χ3n) is 7.00. The van der Waals surface area contributed by atoms with E-state index in [0.29, 0.717) is 28.9 Å². The quantitative estimate of drug-likeness (QED) is 0.274. The fourth-order valence-corrected chi connectivity index (χ4v) is 4.69. The van der Waals surface area contributed by atoms with Crippen LogP contribution < -0.4 is 5.32 Å². The minimum absolute atomic E-state index is 0.00602. The van der Waals surface area contributed by atoms with Gasteiger partial charge in [0.15, 0.2) is 11.5 Å². The van der Waals surface area contributed by atoms with Crippen LogP contribution in [-0.4, -0.2) is 36.6 Å². The summed E-state index contributed by atoms with van der Waals surface area (Å²) in [5, 5.41) is 12.9. The van der Waals surface area contributed by atoms with Gasteiger partial charge < -0.3 is 15.0 Å². The van der Waals surface area contributed by atoms with E-state index in [0.717, 1.165) is 37.0 Å². The molecule has 0 bridgehead atoms. The van der Waals surface area contributed by atoms with Crippen LogP contribution in [0.25, 0.3) is 22.6 Å². The molecular weight excluding hydrogens is 502 g/mol. The van der Waals surface area contributed by atoms with E-state index in [1.165, 1.54) is 0 Å². The summed E-state index contributed by atoms with van der Waals surface area (Å²) in [6.07, 6.45) is -1.51. The summed E-state index contributed by atoms with van der Waals surface area (Å²) in [5.41, 5.74) is 0.938. The van der Waals surface area contributed by atoms with Crippen LogP contribution in [0.2, 0.25) is 0 Å². The molecule has 4 aromatic rings. The van der Waals surface area contributed by atoms with E-state index in [-0.39, 0.29) is 29.6 Å². The highest BCUT2D eigenvalue weighted by Crippen LogP contribution is 2.35. The maximum absolute atomic E-state index is 15.0. The van der Waals surface area contributed by atoms with Gasteiger partial charge in [0.25, 0.3) is 0 Å². The number of hydrogen-bond donors (Lipinski definition) is 2. The van der Waals surface area contributed by atoms with Crippen LogP contribution in [0.5, 0.6) is 0 Å². The number of halogens is 4. The van der Waals surface area contributed by atoms with Crippen molar-refractivity contribution < 1.29 is 27.5 Å². The molecule has 1 aliphatic carbocycles. The smallest absolute Gasteiger partial charge is 0.416 e. The number of carboxylic acids is 1. The van der Waals surface area contributed by atoms with Gasteiger partial charge in [0.1, 0.15) is 17.2 Å². The molecule has 38 heavy (non-hydrogen) atoms. The van der Waals surface area contributed by atoms with Crippen LogP contribution in [0.1, 0.15) is 53.5 Å². The molecule has 1 aliphatic rings. The summed E-state index contributed by atoms with van der Waals surface area (Å²) < 4.78 is 56.0. The number of aromatic nitrogens is 4. The van der Waals surface area contributed by atoms with Gasteiger partial charge in [-0.2, -0.15) is 13.2 Å². The number of anilines is 1. The van der Waals surface area contributed by atoms with Gasteiger partial charge in [-0.15, -0.1) is 0 Å². The fraction of sp³-hybridized carbons (Fsp3) is 0.333. The number of nitrogens with zero attached hydrogens (tertiary/aromatic N) is 4. The third kappa shape index (κ3) is 4.92. The third-order valence-corrected chi connectivity index (χ3v) is 7.00. The van der Waals surface area contributed by atoms with Crippen LogP contribution in [-0.2, 0) is 12.7 Å². The summed E-state index contributed by atoms with van der Waals surface area (Å²) in [5.74, 6) is -1.82. The summed E-state index contributed by atoms with van der Waals surface area (Å²) in [7, 11) is 0. The van der Waals surface area contributed by atoms with E-state index in [4.69, 9.17) is 0 Å². The lowest BCUT2D eigenvalue weighted by atomic mass is 9.80. The van der Waals surface area contributed by atoms with Gasteiger partial charge in [0.05, 0.1) is 12.1 Å². The minimum atomic E-state index is -4.68. The highest BCUT2D eigenvalue weighted by Gasteiger charge is 2.32. The Labute approximate surface area is 215 Å². The topological polar surface area (TPSA) is 92.9 Å². The Balaban J connectivity index is 1.71. The summed E-state index contributed by atoms with van der Waals surface area (Å²) in [6, 6.07) is 9.73. The number of alkyl halides is 3. The van der Waals surface area contributed by atoms with Crippen LogP contribution in [0, 0.1) is 18.7 Å². The zero-order chi connectivity index (χ0) is 27.2. The lowest BCUT2D eigenvalue weighted by molar-refractivity contribution is -0.137. The lowest BCUT2D eigenvalue weighted by Gasteiger charge is -2.32. The second-order valence-electron chi connectivity index (χ2n) is 9.69. The average Bonchev–Trinajstić information content (AvgIpc) is 3.17. The standard InChI is InChI=1S/C27H25F4N5O2/c1-14-5-3-8-17(11-14)25-35-23-21(36(25)13-18-9-10-19(12-20(18)28)27(29,30)31)22(33-24(34-23)26(37)38)32-15(2)16-6-4-7-16/h3,5,8-12,15-16H,4,6-7,13H2,1-2H3,(H,37,38)(H,32,33,34). The number of hydrogen-bond acceptors (Lipinski definition) is 5. The number of aryl methyl sites for hydroxylation is 1. The van der Waals surface area contributed by atoms with Gasteiger partial charge in [-0.05, 0) is 50.8 Å². The van der Waals surface area contributed by atoms with Crippen molar-refractivity contribution >= 4 is 23.0 Å². The first kappa shape index (κ1) is 25.6. The van der Waals surface area contributed by atoms with Crippen molar-refractivity contribution in [2.45, 2.75) is 51.9 Å². The first-order chi connectivity index (χ1) is 18.0. The second kappa shape index (κ2) is 9.70. The summed E-state index contributed by atoms with van der Waals surface area (Å²) in [4.78, 5) is 24.8. The number of carbonyl (C=O) groups is 1. The van der Waals surface area contributed by atoms with Gasteiger partial charge in [0, 0.05) is 17.2 Å². The Morgan fingerprint density at radius 3 is 2.53 bits per heavy atom. The highest BCUT2D eigenvalue weighted by atomic mass is 19.4. The van der Waals surface area contributed by atoms with Crippen molar-refractivity contribution in [1.82, 2.24) is 19.5 Å². The Morgan fingerprint density at radius 1 is 1.16 bits per heavy atom. The molecule has 1 fully saturated rings. The van der Waals surface area contributed by atoms with E-state index in [2.05, 4.69) is 20.3 Å². The molecule has 1 saturated carbocycles. The molecule has 2 N–H and O–H groups in total. The first-order valence-electron chi connectivity index (χ1n) is 12.2. The van der Waals surface area contributed by atoms with E-state index < -0.39 is 29.4 Å². The zero-order valence-electron chi connectivity index (χ0n) is 20.7. The molecule has 2 aromatic heterocycles. The molecule has 1 atom stereocenters. The molecule has 198 valence electrons. The molecule has 1 unspecified atom stereocenters. The largest absolute Gasteiger partial charge is 0.475 e. The monoisotopic (exact) mass is 527 g/mol. The SMILES string of the molecule is Cc1cccc(-c2nc3nc(C(=O)O)nc(NC(C)C4CCC4)c3n2Cc2ccc(C(F)(F)F)cc2F)c1.